The molecule has 4 aromatic rings. The van der Waals surface area contributed by atoms with Crippen LogP contribution in [0.25, 0.3) is 10.2 Å². The third-order valence-electron chi connectivity index (χ3n) is 4.62. The van der Waals surface area contributed by atoms with Gasteiger partial charge >= 0.3 is 0 Å². The number of hydrogen-bond acceptors (Lipinski definition) is 10. The Hall–Kier alpha value is -3.71. The number of aromatic nitrogens is 5. The molecule has 0 fully saturated rings. The van der Waals surface area contributed by atoms with E-state index < -0.39 is 0 Å². The number of amides is 2. The van der Waals surface area contributed by atoms with Crippen LogP contribution in [0.5, 0.6) is 11.5 Å². The van der Waals surface area contributed by atoms with Crippen LogP contribution in [0.15, 0.2) is 41.6 Å². The van der Waals surface area contributed by atoms with Gasteiger partial charge in [0.25, 0.3) is 5.91 Å². The van der Waals surface area contributed by atoms with Crippen LogP contribution in [0.3, 0.4) is 0 Å². The monoisotopic (exact) mass is 483 g/mol. The van der Waals surface area contributed by atoms with Crippen molar-refractivity contribution >= 4 is 55.9 Å². The predicted molar refractivity (Wildman–Crippen MR) is 123 cm³/mol. The molecule has 33 heavy (non-hydrogen) atoms. The lowest BCUT2D eigenvalue weighted by atomic mass is 10.2. The lowest BCUT2D eigenvalue weighted by molar-refractivity contribution is -0.113. The maximum Gasteiger partial charge on any atom is 0.257 e. The third-order valence-corrected chi connectivity index (χ3v) is 6.56. The normalized spacial score (nSPS) is 12.5. The number of thiazole rings is 1. The van der Waals surface area contributed by atoms with Crippen molar-refractivity contribution in [1.82, 2.24) is 25.2 Å². The number of benzene rings is 2. The first-order valence-electron chi connectivity index (χ1n) is 9.82. The Morgan fingerprint density at radius 3 is 2.61 bits per heavy atom. The summed E-state index contributed by atoms with van der Waals surface area (Å²) in [4.78, 5) is 29.3. The van der Waals surface area contributed by atoms with E-state index in [0.717, 1.165) is 10.2 Å². The molecule has 0 saturated carbocycles. The standard InChI is InChI=1S/C20H17N7O4S2/c1-27-20(24-25-26-27)32-10-17(28)21-12-4-2-11(3-5-12)18(29)23-19-22-13-8-14-15(9-16(13)33-19)31-7-6-30-14/h2-5,8-9H,6-7,10H2,1H3,(H,21,28)(H,22,23,29). The summed E-state index contributed by atoms with van der Waals surface area (Å²) in [6, 6.07) is 10.3. The highest BCUT2D eigenvalue weighted by molar-refractivity contribution is 7.99. The second kappa shape index (κ2) is 9.03. The average molecular weight is 484 g/mol. The fourth-order valence-electron chi connectivity index (χ4n) is 3.06. The lowest BCUT2D eigenvalue weighted by Gasteiger charge is -2.17. The van der Waals surface area contributed by atoms with Gasteiger partial charge in [0.1, 0.15) is 13.2 Å². The van der Waals surface area contributed by atoms with Crippen LogP contribution in [0.1, 0.15) is 10.4 Å². The Kier molecular flexibility index (Phi) is 5.79. The summed E-state index contributed by atoms with van der Waals surface area (Å²) in [5, 5.41) is 17.7. The van der Waals surface area contributed by atoms with Crippen LogP contribution in [-0.2, 0) is 11.8 Å². The van der Waals surface area contributed by atoms with Gasteiger partial charge in [-0.3, -0.25) is 14.9 Å². The third kappa shape index (κ3) is 4.73. The predicted octanol–water partition coefficient (Wildman–Crippen LogP) is 2.57. The fourth-order valence-corrected chi connectivity index (χ4v) is 4.58. The van der Waals surface area contributed by atoms with E-state index in [1.54, 1.807) is 31.3 Å². The molecule has 2 aromatic heterocycles. The van der Waals surface area contributed by atoms with Gasteiger partial charge in [0.2, 0.25) is 11.1 Å². The number of hydrogen-bond donors (Lipinski definition) is 2. The van der Waals surface area contributed by atoms with Crippen molar-refractivity contribution in [3.63, 3.8) is 0 Å². The molecule has 2 aromatic carbocycles. The van der Waals surface area contributed by atoms with Crippen molar-refractivity contribution in [2.75, 3.05) is 29.6 Å². The van der Waals surface area contributed by atoms with E-state index in [1.165, 1.54) is 27.8 Å². The molecule has 0 saturated heterocycles. The van der Waals surface area contributed by atoms with E-state index >= 15 is 0 Å². The molecular formula is C20H17N7O4S2. The molecule has 5 rings (SSSR count). The summed E-state index contributed by atoms with van der Waals surface area (Å²) in [6.45, 7) is 1.01. The molecule has 0 spiro atoms. The van der Waals surface area contributed by atoms with E-state index in [1.807, 2.05) is 12.1 Å². The maximum absolute atomic E-state index is 12.6. The molecule has 2 N–H and O–H groups in total. The summed E-state index contributed by atoms with van der Waals surface area (Å²) in [5.41, 5.74) is 1.75. The minimum atomic E-state index is -0.297. The lowest BCUT2D eigenvalue weighted by Crippen LogP contribution is -2.15. The SMILES string of the molecule is Cn1nnnc1SCC(=O)Nc1ccc(C(=O)Nc2nc3cc4c(cc3s2)OCCO4)cc1. The summed E-state index contributed by atoms with van der Waals surface area (Å²) < 4.78 is 13.6. The highest BCUT2D eigenvalue weighted by atomic mass is 32.2. The first-order valence-corrected chi connectivity index (χ1v) is 11.6. The molecule has 0 unspecified atom stereocenters. The molecule has 0 radical (unpaired) electrons. The number of thioether (sulfide) groups is 1. The molecular weight excluding hydrogens is 466 g/mol. The van der Waals surface area contributed by atoms with Crippen molar-refractivity contribution in [3.05, 3.63) is 42.0 Å². The van der Waals surface area contributed by atoms with Crippen molar-refractivity contribution in [2.45, 2.75) is 5.16 Å². The number of anilines is 2. The van der Waals surface area contributed by atoms with Crippen molar-refractivity contribution in [3.8, 4) is 11.5 Å². The van der Waals surface area contributed by atoms with Gasteiger partial charge in [-0.2, -0.15) is 0 Å². The highest BCUT2D eigenvalue weighted by Crippen LogP contribution is 2.37. The molecule has 11 nitrogen and oxygen atoms in total. The molecule has 3 heterocycles. The van der Waals surface area contributed by atoms with Crippen LogP contribution < -0.4 is 20.1 Å². The number of ether oxygens (including phenoxy) is 2. The minimum Gasteiger partial charge on any atom is -0.486 e. The van der Waals surface area contributed by atoms with Gasteiger partial charge in [0.15, 0.2) is 16.6 Å². The van der Waals surface area contributed by atoms with Crippen LogP contribution in [0.2, 0.25) is 0 Å². The fraction of sp³-hybridized carbons (Fsp3) is 0.200. The maximum atomic E-state index is 12.6. The largest absolute Gasteiger partial charge is 0.486 e. The smallest absolute Gasteiger partial charge is 0.257 e. The highest BCUT2D eigenvalue weighted by Gasteiger charge is 2.16. The molecule has 168 valence electrons. The zero-order chi connectivity index (χ0) is 22.8. The Morgan fingerprint density at radius 1 is 1.12 bits per heavy atom. The molecule has 0 atom stereocenters. The van der Waals surface area contributed by atoms with E-state index in [2.05, 4.69) is 31.1 Å². The van der Waals surface area contributed by atoms with Crippen molar-refractivity contribution in [1.29, 1.82) is 0 Å². The Morgan fingerprint density at radius 2 is 1.88 bits per heavy atom. The molecule has 13 heteroatoms. The van der Waals surface area contributed by atoms with E-state index in [0.29, 0.717) is 46.3 Å². The van der Waals surface area contributed by atoms with E-state index in [9.17, 15) is 9.59 Å². The topological polar surface area (TPSA) is 133 Å². The van der Waals surface area contributed by atoms with Gasteiger partial charge in [-0.05, 0) is 34.7 Å². The Labute approximate surface area is 195 Å². The first kappa shape index (κ1) is 21.2. The Bertz CT molecular complexity index is 1290. The van der Waals surface area contributed by atoms with Crippen LogP contribution >= 0.6 is 23.1 Å². The molecule has 1 aliphatic heterocycles. The van der Waals surface area contributed by atoms with Crippen molar-refractivity contribution < 1.29 is 19.1 Å². The van der Waals surface area contributed by atoms with Gasteiger partial charge in [-0.1, -0.05) is 23.1 Å². The summed E-state index contributed by atoms with van der Waals surface area (Å²) in [7, 11) is 1.70. The van der Waals surface area contributed by atoms with Crippen LogP contribution in [0, 0.1) is 0 Å². The average Bonchev–Trinajstić information content (AvgIpc) is 3.40. The summed E-state index contributed by atoms with van der Waals surface area (Å²) >= 11 is 2.59. The van der Waals surface area contributed by atoms with Crippen LogP contribution in [-0.4, -0.2) is 56.0 Å². The molecule has 2 amide bonds. The Balaban J connectivity index is 1.20. The zero-order valence-electron chi connectivity index (χ0n) is 17.3. The summed E-state index contributed by atoms with van der Waals surface area (Å²) in [5.74, 6) is 0.994. The first-order chi connectivity index (χ1) is 16.0. The number of carbonyl (C=O) groups is 2. The second-order valence-corrected chi connectivity index (χ2v) is 8.91. The number of rotatable bonds is 6. The number of nitrogens with zero attached hydrogens (tertiary/aromatic N) is 5. The number of nitrogens with one attached hydrogen (secondary N) is 2. The van der Waals surface area contributed by atoms with Gasteiger partial charge < -0.3 is 14.8 Å². The molecule has 1 aliphatic rings. The van der Waals surface area contributed by atoms with Gasteiger partial charge in [-0.15, -0.1) is 5.10 Å². The van der Waals surface area contributed by atoms with Crippen LogP contribution in [0.4, 0.5) is 10.8 Å². The van der Waals surface area contributed by atoms with E-state index in [-0.39, 0.29) is 17.6 Å². The zero-order valence-corrected chi connectivity index (χ0v) is 18.9. The number of aryl methyl sites for hydroxylation is 1. The number of tetrazole rings is 1. The van der Waals surface area contributed by atoms with Gasteiger partial charge in [0.05, 0.1) is 16.0 Å². The number of carbonyl (C=O) groups excluding carboxylic acids is 2. The quantitative estimate of drug-likeness (QED) is 0.397. The van der Waals surface area contributed by atoms with Gasteiger partial charge in [0, 0.05) is 30.4 Å². The van der Waals surface area contributed by atoms with Gasteiger partial charge in [-0.25, -0.2) is 9.67 Å². The van der Waals surface area contributed by atoms with E-state index in [4.69, 9.17) is 9.47 Å². The molecule has 0 bridgehead atoms. The molecule has 0 aliphatic carbocycles. The summed E-state index contributed by atoms with van der Waals surface area (Å²) in [6.07, 6.45) is 0. The number of fused-ring (bicyclic) bond motifs is 2. The minimum absolute atomic E-state index is 0.160. The second-order valence-electron chi connectivity index (χ2n) is 6.94. The van der Waals surface area contributed by atoms with Crippen molar-refractivity contribution in [2.24, 2.45) is 7.05 Å².